The Morgan fingerprint density at radius 1 is 1.26 bits per heavy atom. The normalized spacial score (nSPS) is 13.4. The van der Waals surface area contributed by atoms with Gasteiger partial charge in [0.25, 0.3) is 0 Å². The number of aromatic nitrogens is 1. The molecule has 3 rings (SSSR count). The van der Waals surface area contributed by atoms with E-state index in [1.165, 1.54) is 0 Å². The van der Waals surface area contributed by atoms with Gasteiger partial charge in [-0.25, -0.2) is 4.79 Å². The minimum Gasteiger partial charge on any atom is -0.454 e. The van der Waals surface area contributed by atoms with Crippen LogP contribution in [0.25, 0.3) is 0 Å². The van der Waals surface area contributed by atoms with Crippen molar-refractivity contribution < 1.29 is 14.3 Å². The van der Waals surface area contributed by atoms with Gasteiger partial charge in [-0.3, -0.25) is 4.98 Å². The molecule has 0 radical (unpaired) electrons. The molecule has 120 valence electrons. The Morgan fingerprint density at radius 3 is 2.96 bits per heavy atom. The minimum absolute atomic E-state index is 0.137. The molecule has 1 aliphatic rings. The van der Waals surface area contributed by atoms with Crippen molar-refractivity contribution in [2.75, 3.05) is 13.3 Å². The Balaban J connectivity index is 1.44. The monoisotopic (exact) mass is 313 g/mol. The van der Waals surface area contributed by atoms with Crippen molar-refractivity contribution in [3.8, 4) is 11.5 Å². The molecule has 1 aromatic heterocycles. The number of urea groups is 1. The number of ether oxygens (including phenoxy) is 2. The van der Waals surface area contributed by atoms with Gasteiger partial charge in [-0.05, 0) is 43.2 Å². The fraction of sp³-hybridized carbons (Fsp3) is 0.294. The third-order valence-corrected chi connectivity index (χ3v) is 3.62. The number of carbonyl (C=O) groups is 1. The lowest BCUT2D eigenvalue weighted by Gasteiger charge is -2.14. The molecule has 0 spiro atoms. The Bertz CT molecular complexity index is 676. The fourth-order valence-corrected chi connectivity index (χ4v) is 2.37. The van der Waals surface area contributed by atoms with Gasteiger partial charge in [0.05, 0.1) is 11.7 Å². The summed E-state index contributed by atoms with van der Waals surface area (Å²) in [5.74, 6) is 1.53. The van der Waals surface area contributed by atoms with Gasteiger partial charge < -0.3 is 20.1 Å². The minimum atomic E-state index is -0.205. The fourth-order valence-electron chi connectivity index (χ4n) is 2.37. The second kappa shape index (κ2) is 7.00. The predicted molar refractivity (Wildman–Crippen MR) is 85.5 cm³/mol. The topological polar surface area (TPSA) is 72.5 Å². The Labute approximate surface area is 134 Å². The van der Waals surface area contributed by atoms with Crippen LogP contribution in [0.5, 0.6) is 11.5 Å². The molecule has 1 unspecified atom stereocenters. The van der Waals surface area contributed by atoms with E-state index in [0.717, 1.165) is 29.2 Å². The van der Waals surface area contributed by atoms with Gasteiger partial charge in [0.1, 0.15) is 0 Å². The smallest absolute Gasteiger partial charge is 0.315 e. The van der Waals surface area contributed by atoms with Crippen LogP contribution in [0.15, 0.2) is 42.6 Å². The van der Waals surface area contributed by atoms with Crippen molar-refractivity contribution in [2.24, 2.45) is 0 Å². The average Bonchev–Trinajstić information content (AvgIpc) is 3.03. The van der Waals surface area contributed by atoms with Gasteiger partial charge in [0.2, 0.25) is 6.79 Å². The molecule has 2 amide bonds. The van der Waals surface area contributed by atoms with Gasteiger partial charge in [-0.1, -0.05) is 12.1 Å². The standard InChI is InChI=1S/C17H19N3O3/c1-12(14-4-2-3-8-18-14)20-17(21)19-9-7-13-5-6-15-16(10-13)23-11-22-15/h2-6,8,10,12H,7,9,11H2,1H3,(H2,19,20,21). The van der Waals surface area contributed by atoms with Crippen molar-refractivity contribution >= 4 is 6.03 Å². The second-order valence-corrected chi connectivity index (χ2v) is 5.31. The van der Waals surface area contributed by atoms with Crippen molar-refractivity contribution in [1.82, 2.24) is 15.6 Å². The highest BCUT2D eigenvalue weighted by Crippen LogP contribution is 2.32. The van der Waals surface area contributed by atoms with Crippen molar-refractivity contribution in [3.63, 3.8) is 0 Å². The van der Waals surface area contributed by atoms with Gasteiger partial charge in [0.15, 0.2) is 11.5 Å². The Kier molecular flexibility index (Phi) is 4.61. The van der Waals surface area contributed by atoms with Crippen LogP contribution in [0.1, 0.15) is 24.2 Å². The quantitative estimate of drug-likeness (QED) is 0.889. The highest BCUT2D eigenvalue weighted by Gasteiger charge is 2.13. The lowest BCUT2D eigenvalue weighted by Crippen LogP contribution is -2.38. The maximum atomic E-state index is 11.9. The number of hydrogen-bond acceptors (Lipinski definition) is 4. The first kappa shape index (κ1) is 15.1. The highest BCUT2D eigenvalue weighted by atomic mass is 16.7. The van der Waals surface area contributed by atoms with Crippen LogP contribution in [0.3, 0.4) is 0 Å². The van der Waals surface area contributed by atoms with E-state index in [0.29, 0.717) is 6.54 Å². The van der Waals surface area contributed by atoms with Gasteiger partial charge >= 0.3 is 6.03 Å². The molecule has 2 N–H and O–H groups in total. The molecule has 1 aliphatic heterocycles. The number of fused-ring (bicyclic) bond motifs is 1. The van der Waals surface area contributed by atoms with Crippen molar-refractivity contribution in [2.45, 2.75) is 19.4 Å². The Morgan fingerprint density at radius 2 is 2.13 bits per heavy atom. The SMILES string of the molecule is CC(NC(=O)NCCc1ccc2c(c1)OCO2)c1ccccn1. The molecule has 2 heterocycles. The van der Waals surface area contributed by atoms with Gasteiger partial charge in [-0.15, -0.1) is 0 Å². The lowest BCUT2D eigenvalue weighted by atomic mass is 10.1. The first-order chi connectivity index (χ1) is 11.2. The van der Waals surface area contributed by atoms with Crippen molar-refractivity contribution in [1.29, 1.82) is 0 Å². The largest absolute Gasteiger partial charge is 0.454 e. The van der Waals surface area contributed by atoms with Crippen LogP contribution in [0.2, 0.25) is 0 Å². The van der Waals surface area contributed by atoms with Crippen LogP contribution in [0.4, 0.5) is 4.79 Å². The third kappa shape index (κ3) is 3.91. The number of benzene rings is 1. The number of nitrogens with zero attached hydrogens (tertiary/aromatic N) is 1. The zero-order chi connectivity index (χ0) is 16.1. The molecule has 0 bridgehead atoms. The molecule has 0 saturated carbocycles. The van der Waals surface area contributed by atoms with E-state index in [4.69, 9.17) is 9.47 Å². The summed E-state index contributed by atoms with van der Waals surface area (Å²) in [6, 6.07) is 11.1. The molecular weight excluding hydrogens is 294 g/mol. The van der Waals surface area contributed by atoms with Crippen LogP contribution in [-0.4, -0.2) is 24.4 Å². The number of rotatable bonds is 5. The summed E-state index contributed by atoms with van der Waals surface area (Å²) < 4.78 is 10.6. The summed E-state index contributed by atoms with van der Waals surface area (Å²) in [4.78, 5) is 16.1. The summed E-state index contributed by atoms with van der Waals surface area (Å²) >= 11 is 0. The summed E-state index contributed by atoms with van der Waals surface area (Å²) in [5.41, 5.74) is 1.92. The molecule has 2 aromatic rings. The summed E-state index contributed by atoms with van der Waals surface area (Å²) in [5, 5.41) is 5.72. The van der Waals surface area contributed by atoms with E-state index < -0.39 is 0 Å². The van der Waals surface area contributed by atoms with E-state index in [-0.39, 0.29) is 18.9 Å². The number of nitrogens with one attached hydrogen (secondary N) is 2. The molecule has 0 saturated heterocycles. The predicted octanol–water partition coefficient (Wildman–Crippen LogP) is 2.41. The molecule has 1 aromatic carbocycles. The number of carbonyl (C=O) groups excluding carboxylic acids is 1. The molecule has 1 atom stereocenters. The zero-order valence-corrected chi connectivity index (χ0v) is 12.9. The third-order valence-electron chi connectivity index (χ3n) is 3.62. The first-order valence-corrected chi connectivity index (χ1v) is 7.56. The number of pyridine rings is 1. The summed E-state index contributed by atoms with van der Waals surface area (Å²) in [6.07, 6.45) is 2.44. The molecule has 0 aliphatic carbocycles. The lowest BCUT2D eigenvalue weighted by molar-refractivity contribution is 0.174. The van der Waals surface area contributed by atoms with Crippen LogP contribution < -0.4 is 20.1 Å². The van der Waals surface area contributed by atoms with Crippen LogP contribution in [0, 0.1) is 0 Å². The number of hydrogen-bond donors (Lipinski definition) is 2. The van der Waals surface area contributed by atoms with Crippen LogP contribution >= 0.6 is 0 Å². The molecular formula is C17H19N3O3. The maximum Gasteiger partial charge on any atom is 0.315 e. The molecule has 6 heteroatoms. The number of amides is 2. The van der Waals surface area contributed by atoms with Gasteiger partial charge in [-0.2, -0.15) is 0 Å². The molecule has 23 heavy (non-hydrogen) atoms. The molecule has 6 nitrogen and oxygen atoms in total. The van der Waals surface area contributed by atoms with Gasteiger partial charge in [0, 0.05) is 12.7 Å². The maximum absolute atomic E-state index is 11.9. The summed E-state index contributed by atoms with van der Waals surface area (Å²) in [7, 11) is 0. The Hall–Kier alpha value is -2.76. The second-order valence-electron chi connectivity index (χ2n) is 5.31. The zero-order valence-electron chi connectivity index (χ0n) is 12.9. The highest BCUT2D eigenvalue weighted by molar-refractivity contribution is 5.74. The van der Waals surface area contributed by atoms with E-state index >= 15 is 0 Å². The average molecular weight is 313 g/mol. The van der Waals surface area contributed by atoms with E-state index in [2.05, 4.69) is 15.6 Å². The van der Waals surface area contributed by atoms with Crippen LogP contribution in [-0.2, 0) is 6.42 Å². The van der Waals surface area contributed by atoms with E-state index in [9.17, 15) is 4.79 Å². The van der Waals surface area contributed by atoms with Crippen molar-refractivity contribution in [3.05, 3.63) is 53.9 Å². The first-order valence-electron chi connectivity index (χ1n) is 7.56. The molecule has 0 fully saturated rings. The van der Waals surface area contributed by atoms with E-state index in [1.807, 2.05) is 43.3 Å². The summed E-state index contributed by atoms with van der Waals surface area (Å²) in [6.45, 7) is 2.71. The van der Waals surface area contributed by atoms with E-state index in [1.54, 1.807) is 6.20 Å².